The lowest BCUT2D eigenvalue weighted by Crippen LogP contribution is -2.59. The van der Waals surface area contributed by atoms with Crippen molar-refractivity contribution in [2.45, 2.75) is 50.5 Å². The number of fused-ring (bicyclic) bond motifs is 2. The largest absolute Gasteiger partial charge is 0.478 e. The number of imide groups is 1. The minimum atomic E-state index is -0.442. The zero-order valence-electron chi connectivity index (χ0n) is 30.2. The molecule has 3 amide bonds. The van der Waals surface area contributed by atoms with Crippen LogP contribution in [0.15, 0.2) is 53.5 Å². The summed E-state index contributed by atoms with van der Waals surface area (Å²) in [6.45, 7) is 1.45. The molecule has 1 unspecified atom stereocenters. The number of hydrogen-bond donors (Lipinski definition) is 4. The van der Waals surface area contributed by atoms with Gasteiger partial charge in [-0.2, -0.15) is 10.1 Å². The molecule has 15 nitrogen and oxygen atoms in total. The van der Waals surface area contributed by atoms with Gasteiger partial charge in [-0.1, -0.05) is 23.7 Å². The Morgan fingerprint density at radius 2 is 1.87 bits per heavy atom. The van der Waals surface area contributed by atoms with Crippen molar-refractivity contribution < 1.29 is 19.1 Å². The number of anilines is 4. The average molecular weight is 753 g/mol. The molecule has 280 valence electrons. The lowest BCUT2D eigenvalue weighted by molar-refractivity contribution is -0.134. The van der Waals surface area contributed by atoms with Crippen molar-refractivity contribution >= 4 is 74.3 Å². The molecule has 2 aromatic carbocycles. The highest BCUT2D eigenvalue weighted by molar-refractivity contribution is 6.33. The SMILES string of the molecule is CNC(=O)COc1cc2cc(Nc3nc(N4CC5(CCC(Nc6cccc7c(C8CCC(=O)NC8=O)nn(C)c67)CC5)C4)ncc3Cl)ccc2n(C)c1=O. The van der Waals surface area contributed by atoms with Crippen LogP contribution >= 0.6 is 11.6 Å². The summed E-state index contributed by atoms with van der Waals surface area (Å²) in [5.74, 6) is -0.132. The van der Waals surface area contributed by atoms with E-state index in [1.807, 2.05) is 42.1 Å². The van der Waals surface area contributed by atoms with E-state index in [1.54, 1.807) is 19.3 Å². The molecular weight excluding hydrogens is 712 g/mol. The first-order chi connectivity index (χ1) is 26.0. The van der Waals surface area contributed by atoms with Gasteiger partial charge < -0.3 is 30.2 Å². The number of nitrogens with zero attached hydrogens (tertiary/aromatic N) is 6. The molecule has 4 N–H and O–H groups in total. The Bertz CT molecular complexity index is 2380. The van der Waals surface area contributed by atoms with E-state index in [2.05, 4.69) is 37.2 Å². The monoisotopic (exact) mass is 752 g/mol. The standard InChI is InChI=1S/C38H41ClN10O5/c1-40-31(51)18-54-29-16-21-15-23(7-9-28(21)47(2)36(29)53)43-34-26(39)17-41-37(45-34)49-19-38(20-49)13-11-22(12-14-38)42-27-6-4-5-24-32(46-48(3)33(24)27)25-8-10-30(50)44-35(25)52/h4-7,9,15-17,22,25,42H,8,10-14,18-20H2,1-3H3,(H,40,51)(H,41,43,45)(H,44,50,52). The fourth-order valence-electron chi connectivity index (χ4n) is 8.09. The second-order valence-corrected chi connectivity index (χ2v) is 15.0. The number of ether oxygens (including phenoxy) is 1. The predicted octanol–water partition coefficient (Wildman–Crippen LogP) is 4.12. The van der Waals surface area contributed by atoms with Crippen molar-refractivity contribution in [1.29, 1.82) is 0 Å². The summed E-state index contributed by atoms with van der Waals surface area (Å²) >= 11 is 6.56. The van der Waals surface area contributed by atoms with Crippen LogP contribution in [0.3, 0.4) is 0 Å². The van der Waals surface area contributed by atoms with Gasteiger partial charge in [-0.15, -0.1) is 0 Å². The van der Waals surface area contributed by atoms with E-state index < -0.39 is 5.92 Å². The fraction of sp³-hybridized carbons (Fsp3) is 0.395. The molecule has 1 aliphatic carbocycles. The number of hydrogen-bond acceptors (Lipinski definition) is 11. The molecule has 1 spiro atoms. The van der Waals surface area contributed by atoms with E-state index in [-0.39, 0.29) is 41.1 Å². The Hall–Kier alpha value is -5.70. The number of rotatable bonds is 9. The van der Waals surface area contributed by atoms with Crippen LogP contribution in [-0.2, 0) is 28.5 Å². The Morgan fingerprint density at radius 3 is 2.63 bits per heavy atom. The third-order valence-corrected chi connectivity index (χ3v) is 11.3. The quantitative estimate of drug-likeness (QED) is 0.159. The van der Waals surface area contributed by atoms with Crippen LogP contribution in [0.4, 0.5) is 23.1 Å². The van der Waals surface area contributed by atoms with Gasteiger partial charge in [-0.05, 0) is 62.4 Å². The first-order valence-corrected chi connectivity index (χ1v) is 18.5. The number of benzene rings is 2. The number of aryl methyl sites for hydroxylation is 2. The molecule has 5 aromatic rings. The molecule has 3 aliphatic rings. The van der Waals surface area contributed by atoms with Gasteiger partial charge in [0.15, 0.2) is 18.2 Å². The summed E-state index contributed by atoms with van der Waals surface area (Å²) in [7, 11) is 5.06. The van der Waals surface area contributed by atoms with E-state index in [0.717, 1.165) is 60.7 Å². The highest BCUT2D eigenvalue weighted by atomic mass is 35.5. The Balaban J connectivity index is 0.908. The van der Waals surface area contributed by atoms with Crippen LogP contribution in [0.25, 0.3) is 21.8 Å². The summed E-state index contributed by atoms with van der Waals surface area (Å²) in [5, 5.41) is 18.8. The van der Waals surface area contributed by atoms with Gasteiger partial charge in [0, 0.05) is 68.6 Å². The van der Waals surface area contributed by atoms with Crippen LogP contribution < -0.4 is 36.5 Å². The maximum absolute atomic E-state index is 12.8. The lowest BCUT2D eigenvalue weighted by atomic mass is 9.67. The molecule has 1 saturated carbocycles. The normalized spacial score (nSPS) is 18.4. The molecule has 3 aromatic heterocycles. The average Bonchev–Trinajstić information content (AvgIpc) is 3.49. The van der Waals surface area contributed by atoms with Gasteiger partial charge in [0.05, 0.1) is 34.5 Å². The molecule has 0 bridgehead atoms. The van der Waals surface area contributed by atoms with Crippen molar-refractivity contribution in [3.05, 3.63) is 69.7 Å². The number of halogens is 1. The Morgan fingerprint density at radius 1 is 1.07 bits per heavy atom. The van der Waals surface area contributed by atoms with E-state index in [9.17, 15) is 19.2 Å². The zero-order chi connectivity index (χ0) is 37.7. The summed E-state index contributed by atoms with van der Waals surface area (Å²) in [4.78, 5) is 60.4. The molecule has 0 radical (unpaired) electrons. The van der Waals surface area contributed by atoms with Crippen LogP contribution in [0.2, 0.25) is 5.02 Å². The minimum absolute atomic E-state index is 0.0797. The molecule has 2 aliphatic heterocycles. The summed E-state index contributed by atoms with van der Waals surface area (Å²) in [5.41, 5.74) is 3.95. The molecule has 2 saturated heterocycles. The van der Waals surface area contributed by atoms with Gasteiger partial charge in [-0.25, -0.2) is 4.98 Å². The Kier molecular flexibility index (Phi) is 9.12. The van der Waals surface area contributed by atoms with Gasteiger partial charge in [0.2, 0.25) is 17.8 Å². The molecule has 54 heavy (non-hydrogen) atoms. The highest BCUT2D eigenvalue weighted by Crippen LogP contribution is 2.46. The van der Waals surface area contributed by atoms with E-state index in [0.29, 0.717) is 52.6 Å². The molecular formula is C38H41ClN10O5. The topological polar surface area (TPSA) is 177 Å². The third kappa shape index (κ3) is 6.57. The van der Waals surface area contributed by atoms with Crippen LogP contribution in [0, 0.1) is 5.41 Å². The number of nitrogens with one attached hydrogen (secondary N) is 4. The van der Waals surface area contributed by atoms with Gasteiger partial charge in [-0.3, -0.25) is 29.2 Å². The molecule has 3 fully saturated rings. The molecule has 8 rings (SSSR count). The number of amides is 3. The van der Waals surface area contributed by atoms with Crippen molar-refractivity contribution in [2.75, 3.05) is 42.3 Å². The van der Waals surface area contributed by atoms with Crippen LogP contribution in [-0.4, -0.2) is 74.8 Å². The predicted molar refractivity (Wildman–Crippen MR) is 205 cm³/mol. The van der Waals surface area contributed by atoms with Crippen molar-refractivity contribution in [1.82, 2.24) is 34.9 Å². The number of aromatic nitrogens is 5. The third-order valence-electron chi connectivity index (χ3n) is 11.0. The first-order valence-electron chi connectivity index (χ1n) is 18.1. The molecule has 16 heteroatoms. The van der Waals surface area contributed by atoms with E-state index >= 15 is 0 Å². The van der Waals surface area contributed by atoms with Gasteiger partial charge in [0.1, 0.15) is 5.02 Å². The summed E-state index contributed by atoms with van der Waals surface area (Å²) in [6.07, 6.45) is 6.55. The number of pyridine rings is 1. The summed E-state index contributed by atoms with van der Waals surface area (Å²) in [6, 6.07) is 13.5. The fourth-order valence-corrected chi connectivity index (χ4v) is 8.23. The highest BCUT2D eigenvalue weighted by Gasteiger charge is 2.46. The first kappa shape index (κ1) is 35.3. The second-order valence-electron chi connectivity index (χ2n) is 14.6. The number of likely N-dealkylation sites (N-methyl/N-ethyl adjacent to an activating group) is 1. The Labute approximate surface area is 315 Å². The van der Waals surface area contributed by atoms with E-state index in [1.165, 1.54) is 11.6 Å². The minimum Gasteiger partial charge on any atom is -0.478 e. The van der Waals surface area contributed by atoms with Crippen LogP contribution in [0.5, 0.6) is 5.75 Å². The van der Waals surface area contributed by atoms with Crippen molar-refractivity contribution in [2.24, 2.45) is 19.5 Å². The molecule has 1 atom stereocenters. The number of para-hydroxylation sites is 1. The van der Waals surface area contributed by atoms with Crippen molar-refractivity contribution in [3.63, 3.8) is 0 Å². The van der Waals surface area contributed by atoms with Gasteiger partial charge in [0.25, 0.3) is 11.5 Å². The van der Waals surface area contributed by atoms with Gasteiger partial charge >= 0.3 is 0 Å². The maximum atomic E-state index is 12.8. The number of carbonyl (C=O) groups excluding carboxylic acids is 3. The molecule has 5 heterocycles. The second kappa shape index (κ2) is 13.9. The van der Waals surface area contributed by atoms with Crippen molar-refractivity contribution in [3.8, 4) is 5.75 Å². The smallest absolute Gasteiger partial charge is 0.293 e. The zero-order valence-corrected chi connectivity index (χ0v) is 31.0. The summed E-state index contributed by atoms with van der Waals surface area (Å²) < 4.78 is 8.83. The lowest BCUT2D eigenvalue weighted by Gasteiger charge is -2.53. The number of piperidine rings is 1. The van der Waals surface area contributed by atoms with Crippen LogP contribution in [0.1, 0.15) is 50.1 Å². The number of carbonyl (C=O) groups is 3. The van der Waals surface area contributed by atoms with E-state index in [4.69, 9.17) is 26.4 Å². The maximum Gasteiger partial charge on any atom is 0.293 e.